The summed E-state index contributed by atoms with van der Waals surface area (Å²) in [5, 5.41) is 6.76. The maximum Gasteiger partial charge on any atom is 0.410 e. The van der Waals surface area contributed by atoms with Crippen LogP contribution in [0.5, 0.6) is 0 Å². The zero-order valence-electron chi connectivity index (χ0n) is 14.6. The van der Waals surface area contributed by atoms with Crippen molar-refractivity contribution in [2.75, 3.05) is 18.5 Å². The minimum Gasteiger partial charge on any atom is -0.448 e. The average molecular weight is 365 g/mol. The molecule has 0 aromatic heterocycles. The number of carbonyl (C=O) groups is 2. The molecule has 7 heteroatoms. The molecule has 7 nitrogen and oxygen atoms in total. The molecule has 1 atom stereocenters. The molecular formula is C20H19N3O4. The van der Waals surface area contributed by atoms with Gasteiger partial charge in [-0.25, -0.2) is 4.79 Å². The van der Waals surface area contributed by atoms with E-state index in [-0.39, 0.29) is 18.1 Å². The fourth-order valence-electron chi connectivity index (χ4n) is 3.04. The summed E-state index contributed by atoms with van der Waals surface area (Å²) in [4.78, 5) is 30.9. The normalized spacial score (nSPS) is 18.7. The van der Waals surface area contributed by atoms with Gasteiger partial charge in [0.2, 0.25) is 0 Å². The third-order valence-corrected chi connectivity index (χ3v) is 4.53. The summed E-state index contributed by atoms with van der Waals surface area (Å²) in [7, 11) is 0. The van der Waals surface area contributed by atoms with Crippen LogP contribution in [-0.2, 0) is 20.9 Å². The molecule has 138 valence electrons. The predicted molar refractivity (Wildman–Crippen MR) is 99.1 cm³/mol. The fourth-order valence-corrected chi connectivity index (χ4v) is 3.04. The maximum absolute atomic E-state index is 12.4. The average Bonchev–Trinajstić information content (AvgIpc) is 3.34. The number of ether oxygens (including phenoxy) is 1. The monoisotopic (exact) mass is 365 g/mol. The second-order valence-electron chi connectivity index (χ2n) is 6.43. The predicted octanol–water partition coefficient (Wildman–Crippen LogP) is 3.09. The van der Waals surface area contributed by atoms with E-state index in [0.717, 1.165) is 11.1 Å². The van der Waals surface area contributed by atoms with Crippen molar-refractivity contribution in [3.8, 4) is 0 Å². The molecule has 0 bridgehead atoms. The molecule has 2 heterocycles. The van der Waals surface area contributed by atoms with Crippen molar-refractivity contribution in [3.63, 3.8) is 0 Å². The Labute approximate surface area is 156 Å². The van der Waals surface area contributed by atoms with Crippen molar-refractivity contribution in [3.05, 3.63) is 65.7 Å². The lowest BCUT2D eigenvalue weighted by Crippen LogP contribution is -2.23. The first kappa shape index (κ1) is 17.1. The third-order valence-electron chi connectivity index (χ3n) is 4.53. The molecule has 1 N–H and O–H groups in total. The zero-order valence-corrected chi connectivity index (χ0v) is 14.6. The van der Waals surface area contributed by atoms with Crippen molar-refractivity contribution >= 4 is 23.4 Å². The van der Waals surface area contributed by atoms with E-state index in [1.54, 1.807) is 17.0 Å². The molecule has 0 aliphatic carbocycles. The number of hydrogen-bond donors (Lipinski definition) is 1. The van der Waals surface area contributed by atoms with E-state index in [2.05, 4.69) is 10.5 Å². The molecule has 4 rings (SSSR count). The highest BCUT2D eigenvalue weighted by atomic mass is 16.6. The van der Waals surface area contributed by atoms with E-state index in [9.17, 15) is 9.59 Å². The lowest BCUT2D eigenvalue weighted by atomic mass is 10.0. The molecule has 1 saturated heterocycles. The first-order valence-electron chi connectivity index (χ1n) is 8.79. The van der Waals surface area contributed by atoms with Crippen molar-refractivity contribution in [2.45, 2.75) is 19.1 Å². The first-order chi connectivity index (χ1) is 13.2. The van der Waals surface area contributed by atoms with E-state index in [1.807, 2.05) is 42.5 Å². The van der Waals surface area contributed by atoms with Crippen LogP contribution < -0.4 is 5.32 Å². The molecule has 2 amide bonds. The molecule has 27 heavy (non-hydrogen) atoms. The molecule has 1 fully saturated rings. The lowest BCUT2D eigenvalue weighted by molar-refractivity contribution is -0.110. The van der Waals surface area contributed by atoms with E-state index in [4.69, 9.17) is 9.57 Å². The number of nitrogens with zero attached hydrogens (tertiary/aromatic N) is 2. The highest BCUT2D eigenvalue weighted by Gasteiger charge is 2.27. The highest BCUT2D eigenvalue weighted by Crippen LogP contribution is 2.27. The van der Waals surface area contributed by atoms with E-state index in [0.29, 0.717) is 37.5 Å². The summed E-state index contributed by atoms with van der Waals surface area (Å²) >= 11 is 0. The van der Waals surface area contributed by atoms with Crippen LogP contribution in [0.2, 0.25) is 0 Å². The van der Waals surface area contributed by atoms with Crippen LogP contribution in [0.15, 0.2) is 59.8 Å². The Morgan fingerprint density at radius 3 is 2.63 bits per heavy atom. The summed E-state index contributed by atoms with van der Waals surface area (Å²) in [5.74, 6) is -0.274. The number of nitrogens with one attached hydrogen (secondary N) is 1. The summed E-state index contributed by atoms with van der Waals surface area (Å²) < 4.78 is 4.92. The van der Waals surface area contributed by atoms with Gasteiger partial charge in [0.1, 0.15) is 12.3 Å². The summed E-state index contributed by atoms with van der Waals surface area (Å²) in [6.45, 7) is 1.52. The number of oxime groups is 1. The minimum absolute atomic E-state index is 0.227. The number of hydrogen-bond acceptors (Lipinski definition) is 5. The van der Waals surface area contributed by atoms with E-state index in [1.165, 1.54) is 0 Å². The van der Waals surface area contributed by atoms with Crippen LogP contribution in [0.4, 0.5) is 10.5 Å². The number of benzene rings is 2. The molecule has 0 saturated carbocycles. The summed E-state index contributed by atoms with van der Waals surface area (Å²) in [5.41, 5.74) is 3.00. The Balaban J connectivity index is 1.32. The smallest absolute Gasteiger partial charge is 0.410 e. The topological polar surface area (TPSA) is 80.2 Å². The van der Waals surface area contributed by atoms with Crippen LogP contribution >= 0.6 is 0 Å². The van der Waals surface area contributed by atoms with Crippen LogP contribution in [0.25, 0.3) is 0 Å². The van der Waals surface area contributed by atoms with Crippen LogP contribution in [-0.4, -0.2) is 35.8 Å². The van der Waals surface area contributed by atoms with Gasteiger partial charge in [-0.1, -0.05) is 47.6 Å². The van der Waals surface area contributed by atoms with Crippen molar-refractivity contribution in [2.24, 2.45) is 5.16 Å². The second-order valence-corrected chi connectivity index (χ2v) is 6.43. The fraction of sp³-hybridized carbons (Fsp3) is 0.250. The maximum atomic E-state index is 12.4. The molecule has 0 radical (unpaired) electrons. The van der Waals surface area contributed by atoms with Crippen molar-refractivity contribution in [1.82, 2.24) is 4.90 Å². The molecule has 2 aromatic rings. The Hall–Kier alpha value is -3.35. The Bertz CT molecular complexity index is 865. The summed E-state index contributed by atoms with van der Waals surface area (Å²) in [6.07, 6.45) is -0.0838. The second kappa shape index (κ2) is 7.49. The molecule has 2 aliphatic rings. The van der Waals surface area contributed by atoms with Gasteiger partial charge in [-0.2, -0.15) is 0 Å². The minimum atomic E-state index is -0.292. The van der Waals surface area contributed by atoms with E-state index < -0.39 is 0 Å². The van der Waals surface area contributed by atoms with Gasteiger partial charge in [0.25, 0.3) is 5.91 Å². The van der Waals surface area contributed by atoms with Gasteiger partial charge < -0.3 is 19.8 Å². The van der Waals surface area contributed by atoms with Crippen LogP contribution in [0, 0.1) is 0 Å². The Morgan fingerprint density at radius 2 is 1.93 bits per heavy atom. The Kier molecular flexibility index (Phi) is 4.74. The van der Waals surface area contributed by atoms with Gasteiger partial charge in [0.05, 0.1) is 6.54 Å². The Morgan fingerprint density at radius 1 is 1.15 bits per heavy atom. The number of amides is 2. The third kappa shape index (κ3) is 3.92. The SMILES string of the molecule is O=C(Nc1ccc(CN2CCOC2=O)cc1)C1=NOC(c2ccccc2)C1. The molecule has 2 aromatic carbocycles. The molecule has 2 aliphatic heterocycles. The molecule has 0 spiro atoms. The van der Waals surface area contributed by atoms with Gasteiger partial charge in [-0.15, -0.1) is 0 Å². The number of anilines is 1. The first-order valence-corrected chi connectivity index (χ1v) is 8.79. The number of carbonyl (C=O) groups excluding carboxylic acids is 2. The van der Waals surface area contributed by atoms with Gasteiger partial charge in [-0.05, 0) is 23.3 Å². The molecule has 1 unspecified atom stereocenters. The quantitative estimate of drug-likeness (QED) is 0.883. The van der Waals surface area contributed by atoms with Gasteiger partial charge in [0.15, 0.2) is 6.10 Å². The molecular weight excluding hydrogens is 346 g/mol. The highest BCUT2D eigenvalue weighted by molar-refractivity contribution is 6.43. The van der Waals surface area contributed by atoms with Crippen LogP contribution in [0.1, 0.15) is 23.7 Å². The van der Waals surface area contributed by atoms with E-state index >= 15 is 0 Å². The number of cyclic esters (lactones) is 1. The number of rotatable bonds is 5. The van der Waals surface area contributed by atoms with Crippen molar-refractivity contribution < 1.29 is 19.2 Å². The lowest BCUT2D eigenvalue weighted by Gasteiger charge is -2.13. The van der Waals surface area contributed by atoms with Crippen LogP contribution in [0.3, 0.4) is 0 Å². The van der Waals surface area contributed by atoms with Gasteiger partial charge in [0, 0.05) is 18.7 Å². The standard InChI is InChI=1S/C20H19N3O4/c24-19(17-12-18(27-22-17)15-4-2-1-3-5-15)21-16-8-6-14(7-9-16)13-23-10-11-26-20(23)25/h1-9,18H,10-13H2,(H,21,24). The zero-order chi connectivity index (χ0) is 18.6. The van der Waals surface area contributed by atoms with Gasteiger partial charge in [-0.3, -0.25) is 4.79 Å². The largest absolute Gasteiger partial charge is 0.448 e. The summed E-state index contributed by atoms with van der Waals surface area (Å²) in [6, 6.07) is 17.1. The van der Waals surface area contributed by atoms with Gasteiger partial charge >= 0.3 is 6.09 Å². The van der Waals surface area contributed by atoms with Crippen molar-refractivity contribution in [1.29, 1.82) is 0 Å².